The van der Waals surface area contributed by atoms with E-state index in [4.69, 9.17) is 4.74 Å². The number of nitrogens with zero attached hydrogens (tertiary/aromatic N) is 2. The molecule has 18 heavy (non-hydrogen) atoms. The highest BCUT2D eigenvalue weighted by atomic mass is 16.5. The molecule has 4 heteroatoms. The summed E-state index contributed by atoms with van der Waals surface area (Å²) in [7, 11) is 1.76. The van der Waals surface area contributed by atoms with Crippen LogP contribution < -0.4 is 0 Å². The molecular formula is C14H30N2O2. The number of aliphatic hydroxyl groups excluding tert-OH is 1. The first kappa shape index (κ1) is 15.9. The summed E-state index contributed by atoms with van der Waals surface area (Å²) in [5.74, 6) is 0. The third-order valence-electron chi connectivity index (χ3n) is 3.72. The zero-order chi connectivity index (χ0) is 13.6. The zero-order valence-electron chi connectivity index (χ0n) is 12.5. The van der Waals surface area contributed by atoms with Gasteiger partial charge in [-0.25, -0.2) is 0 Å². The Bertz CT molecular complexity index is 220. The fourth-order valence-corrected chi connectivity index (χ4v) is 2.15. The lowest BCUT2D eigenvalue weighted by molar-refractivity contribution is 0.0127. The van der Waals surface area contributed by atoms with Crippen LogP contribution in [0.15, 0.2) is 0 Å². The van der Waals surface area contributed by atoms with E-state index in [0.29, 0.717) is 0 Å². The summed E-state index contributed by atoms with van der Waals surface area (Å²) in [5.41, 5.74) is -0.0183. The van der Waals surface area contributed by atoms with Gasteiger partial charge in [0.25, 0.3) is 0 Å². The zero-order valence-corrected chi connectivity index (χ0v) is 12.5. The monoisotopic (exact) mass is 258 g/mol. The Kier molecular flexibility index (Phi) is 6.57. The highest BCUT2D eigenvalue weighted by molar-refractivity contribution is 4.79. The molecule has 0 aromatic heterocycles. The molecule has 1 rings (SSSR count). The van der Waals surface area contributed by atoms with Gasteiger partial charge in [0.15, 0.2) is 0 Å². The van der Waals surface area contributed by atoms with Gasteiger partial charge in [0.05, 0.1) is 6.10 Å². The third kappa shape index (κ3) is 5.65. The first-order valence-electron chi connectivity index (χ1n) is 7.05. The van der Waals surface area contributed by atoms with Crippen molar-refractivity contribution in [1.29, 1.82) is 0 Å². The molecule has 0 aliphatic carbocycles. The Hall–Kier alpha value is -0.160. The minimum Gasteiger partial charge on any atom is -0.391 e. The first-order chi connectivity index (χ1) is 8.43. The van der Waals surface area contributed by atoms with Crippen molar-refractivity contribution in [3.63, 3.8) is 0 Å². The van der Waals surface area contributed by atoms with Gasteiger partial charge >= 0.3 is 0 Å². The molecule has 1 fully saturated rings. The minimum absolute atomic E-state index is 0.0183. The molecule has 1 saturated heterocycles. The molecule has 1 heterocycles. The van der Waals surface area contributed by atoms with Crippen LogP contribution in [0.2, 0.25) is 0 Å². The summed E-state index contributed by atoms with van der Waals surface area (Å²) in [6.07, 6.45) is 0.874. The first-order valence-corrected chi connectivity index (χ1v) is 7.05. The van der Waals surface area contributed by atoms with Crippen LogP contribution in [-0.2, 0) is 4.74 Å². The Morgan fingerprint density at radius 2 is 1.67 bits per heavy atom. The molecule has 108 valence electrons. The van der Waals surface area contributed by atoms with Crippen molar-refractivity contribution in [3.8, 4) is 0 Å². The van der Waals surface area contributed by atoms with Gasteiger partial charge in [0.2, 0.25) is 0 Å². The second-order valence-electron chi connectivity index (χ2n) is 6.37. The molecule has 1 atom stereocenters. The molecule has 0 radical (unpaired) electrons. The Morgan fingerprint density at radius 3 is 2.17 bits per heavy atom. The predicted molar refractivity (Wildman–Crippen MR) is 74.8 cm³/mol. The average Bonchev–Trinajstić information content (AvgIpc) is 2.30. The largest absolute Gasteiger partial charge is 0.391 e. The molecule has 4 nitrogen and oxygen atoms in total. The van der Waals surface area contributed by atoms with Gasteiger partial charge in [-0.1, -0.05) is 20.8 Å². The number of piperazine rings is 1. The van der Waals surface area contributed by atoms with E-state index in [1.807, 2.05) is 0 Å². The quantitative estimate of drug-likeness (QED) is 0.722. The normalized spacial score (nSPS) is 21.2. The van der Waals surface area contributed by atoms with Gasteiger partial charge in [-0.15, -0.1) is 0 Å². The van der Waals surface area contributed by atoms with Crippen molar-refractivity contribution in [2.75, 3.05) is 53.0 Å². The smallest absolute Gasteiger partial charge is 0.0715 e. The maximum absolute atomic E-state index is 10.1. The van der Waals surface area contributed by atoms with E-state index < -0.39 is 0 Å². The summed E-state index contributed by atoms with van der Waals surface area (Å²) in [4.78, 5) is 4.86. The molecule has 1 aliphatic heterocycles. The van der Waals surface area contributed by atoms with E-state index in [1.54, 1.807) is 7.11 Å². The standard InChI is InChI=1S/C14H30N2O2/c1-14(2,3)13(17)12-16-9-7-15(8-10-16)6-5-11-18-4/h13,17H,5-12H2,1-4H3. The summed E-state index contributed by atoms with van der Waals surface area (Å²) in [6, 6.07) is 0. The van der Waals surface area contributed by atoms with Gasteiger partial charge in [0.1, 0.15) is 0 Å². The van der Waals surface area contributed by atoms with Gasteiger partial charge in [-0.2, -0.15) is 0 Å². The molecule has 1 unspecified atom stereocenters. The summed E-state index contributed by atoms with van der Waals surface area (Å²) >= 11 is 0. The van der Waals surface area contributed by atoms with E-state index >= 15 is 0 Å². The Balaban J connectivity index is 2.19. The number of ether oxygens (including phenoxy) is 1. The SMILES string of the molecule is COCCCN1CCN(CC(O)C(C)(C)C)CC1. The molecule has 1 N–H and O–H groups in total. The van der Waals surface area contributed by atoms with Crippen molar-refractivity contribution < 1.29 is 9.84 Å². The molecule has 0 saturated carbocycles. The second kappa shape index (κ2) is 7.43. The maximum Gasteiger partial charge on any atom is 0.0715 e. The lowest BCUT2D eigenvalue weighted by Crippen LogP contribution is -2.50. The average molecular weight is 258 g/mol. The van der Waals surface area contributed by atoms with Crippen molar-refractivity contribution in [1.82, 2.24) is 9.80 Å². The van der Waals surface area contributed by atoms with E-state index in [0.717, 1.165) is 52.3 Å². The lowest BCUT2D eigenvalue weighted by atomic mass is 9.89. The van der Waals surface area contributed by atoms with Crippen LogP contribution in [0.1, 0.15) is 27.2 Å². The number of hydrogen-bond donors (Lipinski definition) is 1. The fraction of sp³-hybridized carbons (Fsp3) is 1.00. The van der Waals surface area contributed by atoms with E-state index in [2.05, 4.69) is 30.6 Å². The van der Waals surface area contributed by atoms with Crippen LogP contribution in [0.25, 0.3) is 0 Å². The summed E-state index contributed by atoms with van der Waals surface area (Å²) < 4.78 is 5.07. The maximum atomic E-state index is 10.1. The molecule has 1 aliphatic rings. The lowest BCUT2D eigenvalue weighted by Gasteiger charge is -2.38. The van der Waals surface area contributed by atoms with Crippen LogP contribution >= 0.6 is 0 Å². The Labute approximate surface area is 112 Å². The fourth-order valence-electron chi connectivity index (χ4n) is 2.15. The van der Waals surface area contributed by atoms with Crippen molar-refractivity contribution in [2.24, 2.45) is 5.41 Å². The number of hydrogen-bond acceptors (Lipinski definition) is 4. The van der Waals surface area contributed by atoms with Crippen LogP contribution in [0.3, 0.4) is 0 Å². The Morgan fingerprint density at radius 1 is 1.11 bits per heavy atom. The number of methoxy groups -OCH3 is 1. The van der Waals surface area contributed by atoms with E-state index in [-0.39, 0.29) is 11.5 Å². The van der Waals surface area contributed by atoms with Gasteiger partial charge in [0, 0.05) is 53.0 Å². The third-order valence-corrected chi connectivity index (χ3v) is 3.72. The van der Waals surface area contributed by atoms with Crippen molar-refractivity contribution in [2.45, 2.75) is 33.3 Å². The second-order valence-corrected chi connectivity index (χ2v) is 6.37. The highest BCUT2D eigenvalue weighted by Crippen LogP contribution is 2.20. The van der Waals surface area contributed by atoms with Gasteiger partial charge in [-0.3, -0.25) is 4.90 Å². The van der Waals surface area contributed by atoms with Crippen molar-refractivity contribution >= 4 is 0 Å². The van der Waals surface area contributed by atoms with Crippen LogP contribution in [-0.4, -0.2) is 74.0 Å². The van der Waals surface area contributed by atoms with E-state index in [1.165, 1.54) is 0 Å². The summed E-state index contributed by atoms with van der Waals surface area (Å²) in [6.45, 7) is 13.4. The van der Waals surface area contributed by atoms with Crippen LogP contribution in [0.5, 0.6) is 0 Å². The van der Waals surface area contributed by atoms with Gasteiger partial charge < -0.3 is 14.7 Å². The molecule has 0 bridgehead atoms. The highest BCUT2D eigenvalue weighted by Gasteiger charge is 2.26. The van der Waals surface area contributed by atoms with Gasteiger partial charge in [-0.05, 0) is 11.8 Å². The molecule has 0 amide bonds. The molecule has 0 spiro atoms. The number of β-amino-alcohol motifs (C(OH)–C–C–N with tert-alkyl or cyclic N) is 1. The van der Waals surface area contributed by atoms with E-state index in [9.17, 15) is 5.11 Å². The van der Waals surface area contributed by atoms with Crippen molar-refractivity contribution in [3.05, 3.63) is 0 Å². The summed E-state index contributed by atoms with van der Waals surface area (Å²) in [5, 5.41) is 10.1. The number of aliphatic hydroxyl groups is 1. The molecule has 0 aromatic rings. The number of rotatable bonds is 6. The van der Waals surface area contributed by atoms with Crippen LogP contribution in [0, 0.1) is 5.41 Å². The molecular weight excluding hydrogens is 228 g/mol. The predicted octanol–water partition coefficient (Wildman–Crippen LogP) is 1.05. The molecule has 0 aromatic carbocycles. The topological polar surface area (TPSA) is 35.9 Å². The minimum atomic E-state index is -0.238. The van der Waals surface area contributed by atoms with Crippen LogP contribution in [0.4, 0.5) is 0 Å².